The standard InChI is InChI=1S/C16H23N3O7/c1-24-11-7-9(8-12(25-2)13(11)26-3)14(20)19-10(15(21)22)5-4-6-18-16(17)23/h7-8,10H,4-6H2,1-3H3,(H,19,20)(H,21,22)(H3,17,18,23). The first-order chi connectivity index (χ1) is 12.3. The fraction of sp³-hybridized carbons (Fsp3) is 0.438. The van der Waals surface area contributed by atoms with E-state index in [1.165, 1.54) is 33.5 Å². The maximum Gasteiger partial charge on any atom is 0.326 e. The Kier molecular flexibility index (Phi) is 8.00. The van der Waals surface area contributed by atoms with E-state index in [2.05, 4.69) is 10.6 Å². The van der Waals surface area contributed by atoms with Gasteiger partial charge in [0.15, 0.2) is 11.5 Å². The fourth-order valence-corrected chi connectivity index (χ4v) is 2.23. The van der Waals surface area contributed by atoms with Crippen LogP contribution in [0, 0.1) is 0 Å². The summed E-state index contributed by atoms with van der Waals surface area (Å²) in [6, 6.07) is 1.02. The number of urea groups is 1. The molecule has 1 rings (SSSR count). The number of nitrogens with one attached hydrogen (secondary N) is 2. The minimum absolute atomic E-state index is 0.117. The van der Waals surface area contributed by atoms with Gasteiger partial charge in [0.1, 0.15) is 6.04 Å². The van der Waals surface area contributed by atoms with Crippen molar-refractivity contribution in [3.05, 3.63) is 17.7 Å². The lowest BCUT2D eigenvalue weighted by Gasteiger charge is -2.17. The first kappa shape index (κ1) is 20.9. The van der Waals surface area contributed by atoms with E-state index in [1.54, 1.807) is 0 Å². The van der Waals surface area contributed by atoms with Gasteiger partial charge in [0.05, 0.1) is 21.3 Å². The van der Waals surface area contributed by atoms with Gasteiger partial charge < -0.3 is 35.7 Å². The highest BCUT2D eigenvalue weighted by Gasteiger charge is 2.22. The second-order valence-corrected chi connectivity index (χ2v) is 5.21. The molecule has 26 heavy (non-hydrogen) atoms. The number of carbonyl (C=O) groups excluding carboxylic acids is 2. The molecule has 10 nitrogen and oxygen atoms in total. The molecule has 5 N–H and O–H groups in total. The summed E-state index contributed by atoms with van der Waals surface area (Å²) in [6.45, 7) is 0.208. The zero-order valence-corrected chi connectivity index (χ0v) is 14.8. The number of primary amides is 1. The molecule has 0 aliphatic rings. The van der Waals surface area contributed by atoms with Crippen molar-refractivity contribution in [1.82, 2.24) is 10.6 Å². The van der Waals surface area contributed by atoms with Crippen LogP contribution in [0.15, 0.2) is 12.1 Å². The number of amides is 3. The van der Waals surface area contributed by atoms with Gasteiger partial charge in [-0.3, -0.25) is 4.79 Å². The van der Waals surface area contributed by atoms with Crippen LogP contribution in [0.5, 0.6) is 17.2 Å². The summed E-state index contributed by atoms with van der Waals surface area (Å²) in [7, 11) is 4.25. The number of carboxylic acid groups (broad SMARTS) is 1. The Morgan fingerprint density at radius 3 is 2.12 bits per heavy atom. The molecule has 0 saturated carbocycles. The highest BCUT2D eigenvalue weighted by Crippen LogP contribution is 2.38. The molecule has 0 fully saturated rings. The summed E-state index contributed by atoms with van der Waals surface area (Å²) in [4.78, 5) is 34.4. The van der Waals surface area contributed by atoms with E-state index < -0.39 is 23.9 Å². The third-order valence-electron chi connectivity index (χ3n) is 3.50. The quantitative estimate of drug-likeness (QED) is 0.435. The number of carbonyl (C=O) groups is 3. The Labute approximate surface area is 150 Å². The molecule has 144 valence electrons. The predicted octanol–water partition coefficient (Wildman–Crippen LogP) is 0.344. The zero-order chi connectivity index (χ0) is 19.7. The van der Waals surface area contributed by atoms with Crippen LogP contribution in [-0.4, -0.2) is 56.9 Å². The molecule has 0 aliphatic carbocycles. The van der Waals surface area contributed by atoms with E-state index in [1.807, 2.05) is 0 Å². The molecular weight excluding hydrogens is 346 g/mol. The zero-order valence-electron chi connectivity index (χ0n) is 14.8. The van der Waals surface area contributed by atoms with E-state index >= 15 is 0 Å². The highest BCUT2D eigenvalue weighted by atomic mass is 16.5. The molecule has 0 saturated heterocycles. The maximum atomic E-state index is 12.4. The minimum Gasteiger partial charge on any atom is -0.493 e. The third-order valence-corrected chi connectivity index (χ3v) is 3.50. The minimum atomic E-state index is -1.19. The topological polar surface area (TPSA) is 149 Å². The first-order valence-corrected chi connectivity index (χ1v) is 7.71. The van der Waals surface area contributed by atoms with Gasteiger partial charge >= 0.3 is 12.0 Å². The van der Waals surface area contributed by atoms with Crippen LogP contribution in [0.3, 0.4) is 0 Å². The van der Waals surface area contributed by atoms with E-state index in [9.17, 15) is 19.5 Å². The van der Waals surface area contributed by atoms with Gasteiger partial charge in [0.2, 0.25) is 5.75 Å². The molecule has 1 aromatic carbocycles. The van der Waals surface area contributed by atoms with E-state index in [0.29, 0.717) is 12.2 Å². The average Bonchev–Trinajstić information content (AvgIpc) is 2.62. The number of aliphatic carboxylic acids is 1. The number of rotatable bonds is 10. The SMILES string of the molecule is COc1cc(C(=O)NC(CCCNC(N)=O)C(=O)O)cc(OC)c1OC. The molecule has 10 heteroatoms. The normalized spacial score (nSPS) is 11.2. The lowest BCUT2D eigenvalue weighted by atomic mass is 10.1. The number of nitrogens with two attached hydrogens (primary N) is 1. The molecule has 0 bridgehead atoms. The van der Waals surface area contributed by atoms with Crippen molar-refractivity contribution < 1.29 is 33.7 Å². The van der Waals surface area contributed by atoms with Crippen molar-refractivity contribution in [2.75, 3.05) is 27.9 Å². The largest absolute Gasteiger partial charge is 0.493 e. The molecule has 1 aromatic rings. The number of methoxy groups -OCH3 is 3. The van der Waals surface area contributed by atoms with Crippen LogP contribution in [-0.2, 0) is 4.79 Å². The third kappa shape index (κ3) is 5.72. The van der Waals surface area contributed by atoms with Gasteiger partial charge in [-0.25, -0.2) is 9.59 Å². The molecular formula is C16H23N3O7. The van der Waals surface area contributed by atoms with Crippen LogP contribution >= 0.6 is 0 Å². The molecule has 3 amide bonds. The summed E-state index contributed by atoms with van der Waals surface area (Å²) >= 11 is 0. The van der Waals surface area contributed by atoms with Gasteiger partial charge in [0.25, 0.3) is 5.91 Å². The van der Waals surface area contributed by atoms with E-state index in [4.69, 9.17) is 19.9 Å². The predicted molar refractivity (Wildman–Crippen MR) is 91.8 cm³/mol. The number of ether oxygens (including phenoxy) is 3. The Bertz CT molecular complexity index is 638. The lowest BCUT2D eigenvalue weighted by Crippen LogP contribution is -2.41. The van der Waals surface area contributed by atoms with Crippen LogP contribution in [0.25, 0.3) is 0 Å². The van der Waals surface area contributed by atoms with Crippen LogP contribution in [0.2, 0.25) is 0 Å². The van der Waals surface area contributed by atoms with Crippen molar-refractivity contribution in [2.24, 2.45) is 5.73 Å². The summed E-state index contributed by atoms with van der Waals surface area (Å²) in [5, 5.41) is 14.0. The molecule has 0 radical (unpaired) electrons. The van der Waals surface area contributed by atoms with Crippen LogP contribution in [0.4, 0.5) is 4.79 Å². The van der Waals surface area contributed by atoms with Gasteiger partial charge in [0, 0.05) is 12.1 Å². The Balaban J connectivity index is 2.89. The van der Waals surface area contributed by atoms with Gasteiger partial charge in [-0.15, -0.1) is 0 Å². The molecule has 0 aromatic heterocycles. The fourth-order valence-electron chi connectivity index (χ4n) is 2.23. The first-order valence-electron chi connectivity index (χ1n) is 7.71. The van der Waals surface area contributed by atoms with Crippen molar-refractivity contribution in [3.8, 4) is 17.2 Å². The summed E-state index contributed by atoms with van der Waals surface area (Å²) in [5.41, 5.74) is 5.09. The second-order valence-electron chi connectivity index (χ2n) is 5.21. The van der Waals surface area contributed by atoms with Gasteiger partial charge in [-0.2, -0.15) is 0 Å². The average molecular weight is 369 g/mol. The van der Waals surface area contributed by atoms with E-state index in [0.717, 1.165) is 0 Å². The highest BCUT2D eigenvalue weighted by molar-refractivity contribution is 5.97. The maximum absolute atomic E-state index is 12.4. The lowest BCUT2D eigenvalue weighted by molar-refractivity contribution is -0.139. The number of benzene rings is 1. The number of hydrogen-bond donors (Lipinski definition) is 4. The Hall–Kier alpha value is -3.17. The monoisotopic (exact) mass is 369 g/mol. The molecule has 0 heterocycles. The second kappa shape index (κ2) is 9.97. The number of hydrogen-bond acceptors (Lipinski definition) is 6. The van der Waals surface area contributed by atoms with Crippen LogP contribution in [0.1, 0.15) is 23.2 Å². The van der Waals surface area contributed by atoms with Gasteiger partial charge in [-0.05, 0) is 25.0 Å². The van der Waals surface area contributed by atoms with Crippen molar-refractivity contribution in [3.63, 3.8) is 0 Å². The molecule has 1 atom stereocenters. The molecule has 0 spiro atoms. The molecule has 0 aliphatic heterocycles. The van der Waals surface area contributed by atoms with E-state index in [-0.39, 0.29) is 30.0 Å². The Morgan fingerprint density at radius 1 is 1.12 bits per heavy atom. The molecule has 1 unspecified atom stereocenters. The summed E-state index contributed by atoms with van der Waals surface area (Å²) in [5.74, 6) is -0.938. The Morgan fingerprint density at radius 2 is 1.69 bits per heavy atom. The smallest absolute Gasteiger partial charge is 0.326 e. The van der Waals surface area contributed by atoms with Crippen molar-refractivity contribution >= 4 is 17.9 Å². The summed E-state index contributed by atoms with van der Waals surface area (Å²) < 4.78 is 15.5. The number of carboxylic acids is 1. The van der Waals surface area contributed by atoms with Crippen LogP contribution < -0.4 is 30.6 Å². The van der Waals surface area contributed by atoms with Crippen molar-refractivity contribution in [1.29, 1.82) is 0 Å². The van der Waals surface area contributed by atoms with Gasteiger partial charge in [-0.1, -0.05) is 0 Å². The summed E-state index contributed by atoms with van der Waals surface area (Å²) in [6.07, 6.45) is 0.446. The van der Waals surface area contributed by atoms with Crippen molar-refractivity contribution in [2.45, 2.75) is 18.9 Å².